The lowest BCUT2D eigenvalue weighted by Gasteiger charge is -2.17. The van der Waals surface area contributed by atoms with Gasteiger partial charge in [-0.2, -0.15) is 0 Å². The van der Waals surface area contributed by atoms with E-state index in [9.17, 15) is 5.11 Å². The van der Waals surface area contributed by atoms with Crippen molar-refractivity contribution in [1.29, 1.82) is 0 Å². The van der Waals surface area contributed by atoms with Gasteiger partial charge in [0, 0.05) is 28.9 Å². The van der Waals surface area contributed by atoms with Gasteiger partial charge in [-0.25, -0.2) is 0 Å². The van der Waals surface area contributed by atoms with E-state index in [0.717, 1.165) is 19.4 Å². The van der Waals surface area contributed by atoms with Crippen LogP contribution in [0.15, 0.2) is 12.1 Å². The standard InChI is InChI=1S/C15H25NO3S/c1-11-5-6-15(20-11)12(2)16-8-13(17)9-18-10-14-4-3-7-19-14/h5-6,12-14,16-17H,3-4,7-10H2,1-2H3. The van der Waals surface area contributed by atoms with Crippen molar-refractivity contribution < 1.29 is 14.6 Å². The summed E-state index contributed by atoms with van der Waals surface area (Å²) in [5, 5.41) is 13.2. The summed E-state index contributed by atoms with van der Waals surface area (Å²) in [5.41, 5.74) is 0. The average Bonchev–Trinajstić information content (AvgIpc) is 3.07. The smallest absolute Gasteiger partial charge is 0.0897 e. The molecule has 0 amide bonds. The van der Waals surface area contributed by atoms with Crippen LogP contribution in [0.1, 0.15) is 35.6 Å². The van der Waals surface area contributed by atoms with Crippen molar-refractivity contribution in [2.45, 2.75) is 44.9 Å². The lowest BCUT2D eigenvalue weighted by atomic mass is 10.2. The summed E-state index contributed by atoms with van der Waals surface area (Å²) >= 11 is 1.79. The highest BCUT2D eigenvalue weighted by Gasteiger charge is 2.16. The second-order valence-electron chi connectivity index (χ2n) is 5.40. The Morgan fingerprint density at radius 1 is 1.55 bits per heavy atom. The van der Waals surface area contributed by atoms with Gasteiger partial charge in [-0.05, 0) is 38.8 Å². The first-order chi connectivity index (χ1) is 9.65. The minimum Gasteiger partial charge on any atom is -0.389 e. The van der Waals surface area contributed by atoms with Crippen molar-refractivity contribution in [2.24, 2.45) is 0 Å². The van der Waals surface area contributed by atoms with E-state index in [1.165, 1.54) is 9.75 Å². The molecule has 1 aliphatic rings. The molecular weight excluding hydrogens is 274 g/mol. The van der Waals surface area contributed by atoms with Crippen LogP contribution >= 0.6 is 11.3 Å². The van der Waals surface area contributed by atoms with Crippen LogP contribution in [0.3, 0.4) is 0 Å². The van der Waals surface area contributed by atoms with Gasteiger partial charge >= 0.3 is 0 Å². The van der Waals surface area contributed by atoms with Crippen LogP contribution in [0.4, 0.5) is 0 Å². The minimum atomic E-state index is -0.472. The van der Waals surface area contributed by atoms with E-state index in [1.54, 1.807) is 11.3 Å². The first-order valence-corrected chi connectivity index (χ1v) is 8.14. The van der Waals surface area contributed by atoms with E-state index in [2.05, 4.69) is 31.3 Å². The Morgan fingerprint density at radius 3 is 3.05 bits per heavy atom. The zero-order chi connectivity index (χ0) is 14.4. The number of hydrogen-bond acceptors (Lipinski definition) is 5. The minimum absolute atomic E-state index is 0.225. The quantitative estimate of drug-likeness (QED) is 0.773. The van der Waals surface area contributed by atoms with Gasteiger partial charge in [-0.1, -0.05) is 0 Å². The number of nitrogens with one attached hydrogen (secondary N) is 1. The number of thiophene rings is 1. The molecule has 0 bridgehead atoms. The molecule has 20 heavy (non-hydrogen) atoms. The maximum Gasteiger partial charge on any atom is 0.0897 e. The number of aliphatic hydroxyl groups excluding tert-OH is 1. The van der Waals surface area contributed by atoms with E-state index in [1.807, 2.05) is 0 Å². The summed E-state index contributed by atoms with van der Waals surface area (Å²) in [6.07, 6.45) is 1.95. The molecule has 3 atom stereocenters. The molecule has 3 unspecified atom stereocenters. The van der Waals surface area contributed by atoms with Crippen LogP contribution in [0.5, 0.6) is 0 Å². The average molecular weight is 299 g/mol. The summed E-state index contributed by atoms with van der Waals surface area (Å²) in [6.45, 7) is 6.57. The largest absolute Gasteiger partial charge is 0.389 e. The van der Waals surface area contributed by atoms with Gasteiger partial charge in [0.2, 0.25) is 0 Å². The molecule has 2 heterocycles. The third-order valence-electron chi connectivity index (χ3n) is 3.49. The van der Waals surface area contributed by atoms with E-state index < -0.39 is 6.10 Å². The first kappa shape index (κ1) is 15.9. The number of aryl methyl sites for hydroxylation is 1. The molecule has 114 valence electrons. The molecule has 1 aromatic heterocycles. The predicted octanol–water partition coefficient (Wildman–Crippen LogP) is 2.26. The normalized spacial score (nSPS) is 22.1. The Labute approximate surface area is 125 Å². The van der Waals surface area contributed by atoms with Crippen molar-refractivity contribution in [2.75, 3.05) is 26.4 Å². The monoisotopic (exact) mass is 299 g/mol. The van der Waals surface area contributed by atoms with Crippen LogP contribution < -0.4 is 5.32 Å². The Balaban J connectivity index is 1.58. The third-order valence-corrected chi connectivity index (χ3v) is 4.67. The van der Waals surface area contributed by atoms with Gasteiger partial charge < -0.3 is 19.9 Å². The summed E-state index contributed by atoms with van der Waals surface area (Å²) in [4.78, 5) is 2.61. The van der Waals surface area contributed by atoms with E-state index in [4.69, 9.17) is 9.47 Å². The molecule has 1 aromatic rings. The molecule has 0 radical (unpaired) electrons. The summed E-state index contributed by atoms with van der Waals surface area (Å²) < 4.78 is 11.0. The molecule has 0 saturated carbocycles. The topological polar surface area (TPSA) is 50.7 Å². The van der Waals surface area contributed by atoms with Crippen LogP contribution in [0, 0.1) is 6.92 Å². The first-order valence-electron chi connectivity index (χ1n) is 7.32. The zero-order valence-electron chi connectivity index (χ0n) is 12.3. The van der Waals surface area contributed by atoms with E-state index in [0.29, 0.717) is 19.8 Å². The highest BCUT2D eigenvalue weighted by Crippen LogP contribution is 2.22. The number of aliphatic hydroxyl groups is 1. The predicted molar refractivity (Wildman–Crippen MR) is 81.3 cm³/mol. The molecule has 0 aliphatic carbocycles. The van der Waals surface area contributed by atoms with Crippen molar-refractivity contribution >= 4 is 11.3 Å². The maximum atomic E-state index is 9.90. The SMILES string of the molecule is Cc1ccc(C(C)NCC(O)COCC2CCCO2)s1. The molecule has 1 fully saturated rings. The molecule has 1 aliphatic heterocycles. The lowest BCUT2D eigenvalue weighted by Crippen LogP contribution is -2.32. The third kappa shape index (κ3) is 5.14. The fourth-order valence-corrected chi connectivity index (χ4v) is 3.17. The molecule has 5 heteroatoms. The van der Waals surface area contributed by atoms with E-state index in [-0.39, 0.29) is 12.1 Å². The van der Waals surface area contributed by atoms with Gasteiger partial charge in [0.15, 0.2) is 0 Å². The van der Waals surface area contributed by atoms with Gasteiger partial charge in [-0.15, -0.1) is 11.3 Å². The zero-order valence-corrected chi connectivity index (χ0v) is 13.1. The Morgan fingerprint density at radius 2 is 2.40 bits per heavy atom. The highest BCUT2D eigenvalue weighted by atomic mass is 32.1. The molecule has 2 N–H and O–H groups in total. The molecule has 1 saturated heterocycles. The van der Waals surface area contributed by atoms with Crippen LogP contribution in [0.25, 0.3) is 0 Å². The fraction of sp³-hybridized carbons (Fsp3) is 0.733. The fourth-order valence-electron chi connectivity index (χ4n) is 2.27. The summed E-state index contributed by atoms with van der Waals surface area (Å²) in [6, 6.07) is 4.53. The number of ether oxygens (including phenoxy) is 2. The van der Waals surface area contributed by atoms with Crippen molar-refractivity contribution in [1.82, 2.24) is 5.32 Å². The van der Waals surface area contributed by atoms with Gasteiger partial charge in [0.05, 0.1) is 25.4 Å². The lowest BCUT2D eigenvalue weighted by molar-refractivity contribution is -0.0168. The van der Waals surface area contributed by atoms with Crippen molar-refractivity contribution in [3.05, 3.63) is 21.9 Å². The summed E-state index contributed by atoms with van der Waals surface area (Å²) in [7, 11) is 0. The highest BCUT2D eigenvalue weighted by molar-refractivity contribution is 7.12. The molecular formula is C15H25NO3S. The molecule has 0 spiro atoms. The Kier molecular flexibility index (Phi) is 6.45. The van der Waals surface area contributed by atoms with Crippen molar-refractivity contribution in [3.8, 4) is 0 Å². The number of rotatable bonds is 8. The number of hydrogen-bond donors (Lipinski definition) is 2. The van der Waals surface area contributed by atoms with Crippen LogP contribution in [0.2, 0.25) is 0 Å². The van der Waals surface area contributed by atoms with E-state index >= 15 is 0 Å². The molecule has 4 nitrogen and oxygen atoms in total. The Hall–Kier alpha value is -0.460. The van der Waals surface area contributed by atoms with Crippen LogP contribution in [-0.4, -0.2) is 43.7 Å². The van der Waals surface area contributed by atoms with Crippen LogP contribution in [-0.2, 0) is 9.47 Å². The van der Waals surface area contributed by atoms with Gasteiger partial charge in [0.1, 0.15) is 0 Å². The maximum absolute atomic E-state index is 9.90. The Bertz CT molecular complexity index is 390. The second-order valence-corrected chi connectivity index (χ2v) is 6.72. The second kappa shape index (κ2) is 8.10. The van der Waals surface area contributed by atoms with Gasteiger partial charge in [-0.3, -0.25) is 0 Å². The van der Waals surface area contributed by atoms with Gasteiger partial charge in [0.25, 0.3) is 0 Å². The molecule has 2 rings (SSSR count). The van der Waals surface area contributed by atoms with Crippen molar-refractivity contribution in [3.63, 3.8) is 0 Å². The molecule has 0 aromatic carbocycles. The summed E-state index contributed by atoms with van der Waals surface area (Å²) in [5.74, 6) is 0.